The summed E-state index contributed by atoms with van der Waals surface area (Å²) in [5.74, 6) is -0.591. The molecule has 0 bridgehead atoms. The fraction of sp³-hybridized carbons (Fsp3) is 0.167. The quantitative estimate of drug-likeness (QED) is 0.718. The molecule has 10 heteroatoms. The van der Waals surface area contributed by atoms with Crippen molar-refractivity contribution in [3.05, 3.63) is 64.7 Å². The van der Waals surface area contributed by atoms with Gasteiger partial charge in [0.05, 0.1) is 15.5 Å². The normalized spacial score (nSPS) is 12.5. The molecule has 0 aliphatic carbocycles. The molecule has 1 amide bonds. The van der Waals surface area contributed by atoms with Crippen LogP contribution in [-0.2, 0) is 21.0 Å². The molecule has 2 aromatic rings. The van der Waals surface area contributed by atoms with E-state index in [1.807, 2.05) is 0 Å². The molecule has 0 fully saturated rings. The summed E-state index contributed by atoms with van der Waals surface area (Å²) in [5.41, 5.74) is -0.506. The fourth-order valence-corrected chi connectivity index (χ4v) is 3.27. The van der Waals surface area contributed by atoms with E-state index in [1.54, 1.807) is 0 Å². The van der Waals surface area contributed by atoms with Gasteiger partial charge in [0.15, 0.2) is 0 Å². The zero-order chi connectivity index (χ0) is 21.1. The summed E-state index contributed by atoms with van der Waals surface area (Å²) in [4.78, 5) is 12.0. The van der Waals surface area contributed by atoms with Gasteiger partial charge in [-0.3, -0.25) is 4.79 Å². The number of amides is 1. The van der Waals surface area contributed by atoms with Crippen LogP contribution in [0, 0.1) is 0 Å². The highest BCUT2D eigenvalue weighted by atomic mass is 35.5. The number of hydrogen-bond acceptors (Lipinski definition) is 3. The Morgan fingerprint density at radius 1 is 1.11 bits per heavy atom. The molecule has 2 aromatic carbocycles. The number of hydrogen-bond donors (Lipinski definition) is 1. The van der Waals surface area contributed by atoms with Crippen LogP contribution in [0.4, 0.5) is 18.9 Å². The largest absolute Gasteiger partial charge is 0.417 e. The van der Waals surface area contributed by atoms with Crippen LogP contribution in [0.25, 0.3) is 6.08 Å². The molecule has 0 aliphatic rings. The van der Waals surface area contributed by atoms with Crippen LogP contribution in [0.3, 0.4) is 0 Å². The molecule has 5 nitrogen and oxygen atoms in total. The first-order valence-electron chi connectivity index (χ1n) is 7.79. The lowest BCUT2D eigenvalue weighted by Gasteiger charge is -2.11. The van der Waals surface area contributed by atoms with Crippen molar-refractivity contribution in [1.82, 2.24) is 4.31 Å². The molecule has 0 heterocycles. The Bertz CT molecular complexity index is 1000. The van der Waals surface area contributed by atoms with E-state index in [2.05, 4.69) is 5.32 Å². The van der Waals surface area contributed by atoms with E-state index < -0.39 is 32.7 Å². The van der Waals surface area contributed by atoms with Gasteiger partial charge < -0.3 is 5.32 Å². The zero-order valence-corrected chi connectivity index (χ0v) is 16.4. The highest BCUT2D eigenvalue weighted by Gasteiger charge is 2.33. The van der Waals surface area contributed by atoms with E-state index >= 15 is 0 Å². The summed E-state index contributed by atoms with van der Waals surface area (Å²) in [6.45, 7) is 0. The smallest absolute Gasteiger partial charge is 0.323 e. The van der Waals surface area contributed by atoms with Crippen molar-refractivity contribution >= 4 is 39.3 Å². The minimum absolute atomic E-state index is 0.0619. The Morgan fingerprint density at radius 2 is 1.71 bits per heavy atom. The molecule has 0 aliphatic heterocycles. The first-order chi connectivity index (χ1) is 12.9. The van der Waals surface area contributed by atoms with Gasteiger partial charge in [-0.15, -0.1) is 0 Å². The second-order valence-corrected chi connectivity index (χ2v) is 8.43. The number of anilines is 1. The van der Waals surface area contributed by atoms with Crippen LogP contribution in [0.1, 0.15) is 11.1 Å². The van der Waals surface area contributed by atoms with Crippen LogP contribution in [-0.4, -0.2) is 32.7 Å². The molecule has 28 heavy (non-hydrogen) atoms. The maximum Gasteiger partial charge on any atom is 0.417 e. The third-order valence-corrected chi connectivity index (χ3v) is 5.78. The van der Waals surface area contributed by atoms with Gasteiger partial charge in [-0.1, -0.05) is 17.7 Å². The van der Waals surface area contributed by atoms with E-state index in [0.717, 1.165) is 22.5 Å². The van der Waals surface area contributed by atoms with Gasteiger partial charge in [0.25, 0.3) is 0 Å². The van der Waals surface area contributed by atoms with Gasteiger partial charge in [0.1, 0.15) is 0 Å². The molecule has 0 aromatic heterocycles. The molecular formula is C18H16ClF3N2O3S. The van der Waals surface area contributed by atoms with Crippen LogP contribution in [0.2, 0.25) is 5.02 Å². The van der Waals surface area contributed by atoms with Crippen LogP contribution in [0.15, 0.2) is 53.4 Å². The Kier molecular flexibility index (Phi) is 6.53. The lowest BCUT2D eigenvalue weighted by atomic mass is 10.1. The number of nitrogens with zero attached hydrogens (tertiary/aromatic N) is 1. The average molecular weight is 433 g/mol. The average Bonchev–Trinajstić information content (AvgIpc) is 2.60. The SMILES string of the molecule is CN(C)S(=O)(=O)c1ccc(NC(=O)/C=C/c2ccc(Cl)c(C(F)(F)F)c2)cc1. The summed E-state index contributed by atoms with van der Waals surface area (Å²) in [7, 11) is -0.785. The monoisotopic (exact) mass is 432 g/mol. The van der Waals surface area contributed by atoms with Gasteiger partial charge in [-0.05, 0) is 48.0 Å². The number of alkyl halides is 3. The highest BCUT2D eigenvalue weighted by molar-refractivity contribution is 7.89. The summed E-state index contributed by atoms with van der Waals surface area (Å²) >= 11 is 5.55. The topological polar surface area (TPSA) is 66.5 Å². The third kappa shape index (κ3) is 5.34. The van der Waals surface area contributed by atoms with E-state index in [9.17, 15) is 26.4 Å². The summed E-state index contributed by atoms with van der Waals surface area (Å²) < 4.78 is 63.6. The number of nitrogens with one attached hydrogen (secondary N) is 1. The van der Waals surface area contributed by atoms with Crippen molar-refractivity contribution in [2.24, 2.45) is 0 Å². The predicted octanol–water partition coefficient (Wildman–Crippen LogP) is 4.26. The van der Waals surface area contributed by atoms with Gasteiger partial charge in [-0.2, -0.15) is 13.2 Å². The Morgan fingerprint density at radius 3 is 2.25 bits per heavy atom. The van der Waals surface area contributed by atoms with Crippen LogP contribution in [0.5, 0.6) is 0 Å². The molecule has 2 rings (SSSR count). The summed E-state index contributed by atoms with van der Waals surface area (Å²) in [6.07, 6.45) is -2.32. The van der Waals surface area contributed by atoms with E-state index in [1.165, 1.54) is 50.5 Å². The fourth-order valence-electron chi connectivity index (χ4n) is 2.14. The maximum absolute atomic E-state index is 12.8. The number of carbonyl (C=O) groups excluding carboxylic acids is 1. The number of benzene rings is 2. The number of halogens is 4. The van der Waals surface area contributed by atoms with Gasteiger partial charge >= 0.3 is 6.18 Å². The molecule has 0 saturated carbocycles. The molecule has 0 unspecified atom stereocenters. The van der Waals surface area contributed by atoms with Crippen molar-refractivity contribution in [1.29, 1.82) is 0 Å². The van der Waals surface area contributed by atoms with Gasteiger partial charge in [-0.25, -0.2) is 12.7 Å². The molecule has 0 atom stereocenters. The molecule has 150 valence electrons. The highest BCUT2D eigenvalue weighted by Crippen LogP contribution is 2.35. The third-order valence-electron chi connectivity index (χ3n) is 3.62. The van der Waals surface area contributed by atoms with Crippen LogP contribution < -0.4 is 5.32 Å². The van der Waals surface area contributed by atoms with Crippen LogP contribution >= 0.6 is 11.6 Å². The van der Waals surface area contributed by atoms with Crippen molar-refractivity contribution in [3.8, 4) is 0 Å². The first kappa shape index (κ1) is 21.9. The Labute approximate surface area is 165 Å². The summed E-state index contributed by atoms with van der Waals surface area (Å²) in [5, 5.41) is 2.07. The van der Waals surface area contributed by atoms with E-state index in [0.29, 0.717) is 5.69 Å². The first-order valence-corrected chi connectivity index (χ1v) is 9.61. The zero-order valence-electron chi connectivity index (χ0n) is 14.8. The summed E-state index contributed by atoms with van der Waals surface area (Å²) in [6, 6.07) is 8.78. The Hall–Kier alpha value is -2.36. The Balaban J connectivity index is 2.10. The maximum atomic E-state index is 12.8. The van der Waals surface area contributed by atoms with E-state index in [4.69, 9.17) is 11.6 Å². The van der Waals surface area contributed by atoms with Crippen molar-refractivity contribution in [2.75, 3.05) is 19.4 Å². The molecular weight excluding hydrogens is 417 g/mol. The van der Waals surface area contributed by atoms with E-state index in [-0.39, 0.29) is 10.5 Å². The second-order valence-electron chi connectivity index (χ2n) is 5.87. The number of rotatable bonds is 5. The molecule has 0 radical (unpaired) electrons. The minimum atomic E-state index is -4.60. The van der Waals surface area contributed by atoms with Crippen molar-refractivity contribution < 1.29 is 26.4 Å². The molecule has 0 saturated heterocycles. The molecule has 0 spiro atoms. The predicted molar refractivity (Wildman–Crippen MR) is 101 cm³/mol. The standard InChI is InChI=1S/C18H16ClF3N2O3S/c1-24(2)28(26,27)14-7-5-13(6-8-14)23-17(25)10-4-12-3-9-16(19)15(11-12)18(20,21)22/h3-11H,1-2H3,(H,23,25)/b10-4+. The number of carbonyl (C=O) groups is 1. The minimum Gasteiger partial charge on any atom is -0.323 e. The number of sulfonamides is 1. The molecule has 1 N–H and O–H groups in total. The lowest BCUT2D eigenvalue weighted by molar-refractivity contribution is -0.137. The van der Waals surface area contributed by atoms with Crippen molar-refractivity contribution in [3.63, 3.8) is 0 Å². The lowest BCUT2D eigenvalue weighted by Crippen LogP contribution is -2.22. The van der Waals surface area contributed by atoms with Gasteiger partial charge in [0, 0.05) is 25.9 Å². The van der Waals surface area contributed by atoms with Gasteiger partial charge in [0.2, 0.25) is 15.9 Å². The second kappa shape index (κ2) is 8.34. The van der Waals surface area contributed by atoms with Crippen molar-refractivity contribution in [2.45, 2.75) is 11.1 Å².